The quantitative estimate of drug-likeness (QED) is 0.635. The molecule has 2 aliphatic heterocycles. The van der Waals surface area contributed by atoms with Crippen LogP contribution < -0.4 is 4.90 Å². The molecule has 0 N–H and O–H groups in total. The molecule has 2 fully saturated rings. The first-order valence-corrected chi connectivity index (χ1v) is 12.0. The molecule has 172 valence electrons. The van der Waals surface area contributed by atoms with Crippen molar-refractivity contribution < 1.29 is 9.53 Å². The normalized spacial score (nSPS) is 19.1. The number of hydrogen-bond acceptors (Lipinski definition) is 5. The van der Waals surface area contributed by atoms with E-state index in [0.717, 1.165) is 48.0 Å². The summed E-state index contributed by atoms with van der Waals surface area (Å²) in [6.07, 6.45) is 1.46. The number of halogens is 2. The number of amides is 1. The molecular formula is C24H30Cl2N4O2. The summed E-state index contributed by atoms with van der Waals surface area (Å²) in [5.41, 5.74) is 3.03. The number of aromatic nitrogens is 2. The maximum Gasteiger partial charge on any atom is 0.228 e. The minimum Gasteiger partial charge on any atom is -0.381 e. The lowest BCUT2D eigenvalue weighted by Crippen LogP contribution is -2.51. The Hall–Kier alpha value is -1.89. The summed E-state index contributed by atoms with van der Waals surface area (Å²) in [5.74, 6) is 2.24. The van der Waals surface area contributed by atoms with Crippen molar-refractivity contribution in [3.63, 3.8) is 0 Å². The van der Waals surface area contributed by atoms with Crippen molar-refractivity contribution in [1.29, 1.82) is 0 Å². The summed E-state index contributed by atoms with van der Waals surface area (Å²) < 4.78 is 5.40. The number of nitrogens with zero attached hydrogens (tertiary/aromatic N) is 4. The third-order valence-electron chi connectivity index (χ3n) is 6.28. The van der Waals surface area contributed by atoms with Gasteiger partial charge in [-0.05, 0) is 31.0 Å². The Kier molecular flexibility index (Phi) is 7.23. The Morgan fingerprint density at radius 3 is 2.56 bits per heavy atom. The van der Waals surface area contributed by atoms with Crippen LogP contribution in [0.2, 0.25) is 10.0 Å². The molecule has 3 heterocycles. The minimum absolute atomic E-state index is 0.0120. The molecule has 6 nitrogen and oxygen atoms in total. The molecule has 1 amide bonds. The molecule has 4 rings (SSSR count). The second-order valence-electron chi connectivity index (χ2n) is 8.91. The molecule has 0 aliphatic carbocycles. The smallest absolute Gasteiger partial charge is 0.228 e. The summed E-state index contributed by atoms with van der Waals surface area (Å²) in [4.78, 5) is 26.8. The van der Waals surface area contributed by atoms with Gasteiger partial charge in [0.2, 0.25) is 5.91 Å². The number of hydrogen-bond donors (Lipinski definition) is 0. The van der Waals surface area contributed by atoms with Crippen LogP contribution in [0, 0.1) is 12.8 Å². The van der Waals surface area contributed by atoms with E-state index >= 15 is 0 Å². The van der Waals surface area contributed by atoms with Gasteiger partial charge in [-0.3, -0.25) is 4.79 Å². The van der Waals surface area contributed by atoms with Gasteiger partial charge in [0.15, 0.2) is 0 Å². The van der Waals surface area contributed by atoms with Crippen LogP contribution in [-0.2, 0) is 16.0 Å². The topological polar surface area (TPSA) is 58.6 Å². The highest BCUT2D eigenvalue weighted by Gasteiger charge is 2.31. The van der Waals surface area contributed by atoms with E-state index in [-0.39, 0.29) is 17.7 Å². The first kappa shape index (κ1) is 23.3. The average molecular weight is 477 g/mol. The van der Waals surface area contributed by atoms with E-state index in [1.165, 1.54) is 0 Å². The molecule has 0 radical (unpaired) electrons. The van der Waals surface area contributed by atoms with Gasteiger partial charge in [-0.1, -0.05) is 43.1 Å². The van der Waals surface area contributed by atoms with Gasteiger partial charge in [0.1, 0.15) is 11.6 Å². The number of aryl methyl sites for hydroxylation is 1. The molecule has 0 bridgehead atoms. The van der Waals surface area contributed by atoms with E-state index in [9.17, 15) is 4.79 Å². The molecule has 0 spiro atoms. The van der Waals surface area contributed by atoms with Crippen LogP contribution in [0.5, 0.6) is 0 Å². The summed E-state index contributed by atoms with van der Waals surface area (Å²) in [6, 6.07) is 5.59. The minimum atomic E-state index is 0.0120. The molecule has 2 saturated heterocycles. The second-order valence-corrected chi connectivity index (χ2v) is 9.75. The Balaban J connectivity index is 1.58. The maximum absolute atomic E-state index is 12.8. The molecule has 8 heteroatoms. The number of carbonyl (C=O) groups is 1. The zero-order chi connectivity index (χ0) is 22.8. The lowest BCUT2D eigenvalue weighted by molar-refractivity contribution is -0.135. The first-order valence-electron chi connectivity index (χ1n) is 11.3. The highest BCUT2D eigenvalue weighted by Crippen LogP contribution is 2.30. The average Bonchev–Trinajstić information content (AvgIpc) is 3.31. The Morgan fingerprint density at radius 2 is 1.94 bits per heavy atom. The fourth-order valence-corrected chi connectivity index (χ4v) is 4.79. The van der Waals surface area contributed by atoms with Crippen molar-refractivity contribution in [1.82, 2.24) is 14.9 Å². The summed E-state index contributed by atoms with van der Waals surface area (Å²) >= 11 is 12.6. The van der Waals surface area contributed by atoms with Crippen LogP contribution in [0.1, 0.15) is 48.8 Å². The number of carbonyl (C=O) groups excluding carboxylic acids is 1. The van der Waals surface area contributed by atoms with E-state index in [0.29, 0.717) is 42.8 Å². The molecule has 1 aromatic heterocycles. The van der Waals surface area contributed by atoms with Crippen LogP contribution in [-0.4, -0.2) is 60.2 Å². The van der Waals surface area contributed by atoms with Crippen molar-refractivity contribution in [3.8, 4) is 0 Å². The van der Waals surface area contributed by atoms with Gasteiger partial charge in [-0.25, -0.2) is 9.97 Å². The highest BCUT2D eigenvalue weighted by atomic mass is 35.5. The lowest BCUT2D eigenvalue weighted by Gasteiger charge is -2.37. The molecule has 0 saturated carbocycles. The van der Waals surface area contributed by atoms with E-state index in [1.54, 1.807) is 6.07 Å². The second kappa shape index (κ2) is 9.94. The number of anilines is 1. The van der Waals surface area contributed by atoms with Crippen LogP contribution >= 0.6 is 23.2 Å². The monoisotopic (exact) mass is 476 g/mol. The fourth-order valence-electron chi connectivity index (χ4n) is 4.31. The summed E-state index contributed by atoms with van der Waals surface area (Å²) in [6.45, 7) is 10.4. The third kappa shape index (κ3) is 5.03. The van der Waals surface area contributed by atoms with Gasteiger partial charge in [0, 0.05) is 66.4 Å². The Bertz CT molecular complexity index is 984. The van der Waals surface area contributed by atoms with Gasteiger partial charge in [0.25, 0.3) is 0 Å². The van der Waals surface area contributed by atoms with Crippen molar-refractivity contribution in [2.24, 2.45) is 5.92 Å². The first-order chi connectivity index (χ1) is 15.3. The van der Waals surface area contributed by atoms with Gasteiger partial charge in [-0.15, -0.1) is 0 Å². The zero-order valence-electron chi connectivity index (χ0n) is 18.9. The molecule has 1 atom stereocenters. The number of piperazine rings is 1. The summed E-state index contributed by atoms with van der Waals surface area (Å²) in [7, 11) is 0. The molecule has 1 unspecified atom stereocenters. The van der Waals surface area contributed by atoms with Crippen molar-refractivity contribution in [3.05, 3.63) is 50.9 Å². The van der Waals surface area contributed by atoms with E-state index in [1.807, 2.05) is 24.0 Å². The third-order valence-corrected chi connectivity index (χ3v) is 6.86. The number of rotatable bonds is 5. The van der Waals surface area contributed by atoms with Gasteiger partial charge < -0.3 is 14.5 Å². The molecular weight excluding hydrogens is 447 g/mol. The standard InChI is InChI=1S/C24H30Cl2N4O2/c1-15(2)22-27-16(3)20(12-17-4-5-19(25)13-21(17)26)23(28-22)29-7-9-30(10-8-29)24(31)18-6-11-32-14-18/h4-5,13,15,18H,6-12,14H2,1-3H3. The van der Waals surface area contributed by atoms with Gasteiger partial charge in [0.05, 0.1) is 12.5 Å². The van der Waals surface area contributed by atoms with Crippen molar-refractivity contribution >= 4 is 34.9 Å². The van der Waals surface area contributed by atoms with Crippen LogP contribution in [0.4, 0.5) is 5.82 Å². The van der Waals surface area contributed by atoms with Gasteiger partial charge in [-0.2, -0.15) is 0 Å². The van der Waals surface area contributed by atoms with E-state index in [4.69, 9.17) is 37.9 Å². The number of benzene rings is 1. The Morgan fingerprint density at radius 1 is 1.19 bits per heavy atom. The van der Waals surface area contributed by atoms with Crippen molar-refractivity contribution in [2.45, 2.75) is 39.5 Å². The predicted molar refractivity (Wildman–Crippen MR) is 128 cm³/mol. The predicted octanol–water partition coefficient (Wildman–Crippen LogP) is 4.49. The van der Waals surface area contributed by atoms with Crippen LogP contribution in [0.3, 0.4) is 0 Å². The molecule has 2 aliphatic rings. The van der Waals surface area contributed by atoms with Crippen molar-refractivity contribution in [2.75, 3.05) is 44.3 Å². The van der Waals surface area contributed by atoms with Crippen LogP contribution in [0.25, 0.3) is 0 Å². The maximum atomic E-state index is 12.8. The van der Waals surface area contributed by atoms with Crippen LogP contribution in [0.15, 0.2) is 18.2 Å². The highest BCUT2D eigenvalue weighted by molar-refractivity contribution is 6.35. The fraction of sp³-hybridized carbons (Fsp3) is 0.542. The lowest BCUT2D eigenvalue weighted by atomic mass is 10.0. The SMILES string of the molecule is Cc1nc(C(C)C)nc(N2CCN(C(=O)C3CCOC3)CC2)c1Cc1ccc(Cl)cc1Cl. The molecule has 2 aromatic rings. The molecule has 1 aromatic carbocycles. The number of ether oxygens (including phenoxy) is 1. The van der Waals surface area contributed by atoms with E-state index < -0.39 is 0 Å². The Labute approximate surface area is 199 Å². The zero-order valence-corrected chi connectivity index (χ0v) is 20.4. The molecule has 32 heavy (non-hydrogen) atoms. The van der Waals surface area contributed by atoms with Gasteiger partial charge >= 0.3 is 0 Å². The summed E-state index contributed by atoms with van der Waals surface area (Å²) in [5, 5.41) is 1.26. The largest absolute Gasteiger partial charge is 0.381 e. The van der Waals surface area contributed by atoms with E-state index in [2.05, 4.69) is 18.7 Å².